The van der Waals surface area contributed by atoms with E-state index in [2.05, 4.69) is 0 Å². The summed E-state index contributed by atoms with van der Waals surface area (Å²) in [5, 5.41) is 0. The molecule has 2 amide bonds. The smallest absolute Gasteiger partial charge is 0.228 e. The van der Waals surface area contributed by atoms with Gasteiger partial charge in [0.1, 0.15) is 11.6 Å². The van der Waals surface area contributed by atoms with E-state index in [4.69, 9.17) is 5.73 Å². The number of nitrogens with zero attached hydrogens (tertiary/aromatic N) is 2. The summed E-state index contributed by atoms with van der Waals surface area (Å²) in [6.45, 7) is 3.92. The Hall–Kier alpha value is -2.02. The van der Waals surface area contributed by atoms with E-state index in [1.165, 1.54) is 4.90 Å². The highest BCUT2D eigenvalue weighted by Crippen LogP contribution is 2.32. The fourth-order valence-corrected chi connectivity index (χ4v) is 3.45. The number of benzene rings is 1. The average Bonchev–Trinajstić information content (AvgIpc) is 3.10. The van der Waals surface area contributed by atoms with Crippen molar-refractivity contribution in [2.45, 2.75) is 19.8 Å². The lowest BCUT2D eigenvalue weighted by Gasteiger charge is -2.24. The Kier molecular flexibility index (Phi) is 4.29. The SMILES string of the molecule is CC1(CN)CCN(C(=O)C2CC(=O)N(c3cc(F)cc(F)c3)C2)C1. The Bertz CT molecular complexity index is 662. The van der Waals surface area contributed by atoms with E-state index >= 15 is 0 Å². The first-order valence-electron chi connectivity index (χ1n) is 8.07. The summed E-state index contributed by atoms with van der Waals surface area (Å²) >= 11 is 0. The van der Waals surface area contributed by atoms with Gasteiger partial charge in [0.05, 0.1) is 5.92 Å². The van der Waals surface area contributed by atoms with Gasteiger partial charge in [-0.2, -0.15) is 0 Å². The van der Waals surface area contributed by atoms with Crippen molar-refractivity contribution >= 4 is 17.5 Å². The largest absolute Gasteiger partial charge is 0.342 e. The summed E-state index contributed by atoms with van der Waals surface area (Å²) in [6.07, 6.45) is 0.904. The van der Waals surface area contributed by atoms with Crippen molar-refractivity contribution in [3.05, 3.63) is 29.8 Å². The second-order valence-electron chi connectivity index (χ2n) is 7.06. The van der Waals surface area contributed by atoms with Gasteiger partial charge in [-0.25, -0.2) is 8.78 Å². The minimum Gasteiger partial charge on any atom is -0.342 e. The van der Waals surface area contributed by atoms with Crippen molar-refractivity contribution in [1.82, 2.24) is 4.90 Å². The third-order valence-corrected chi connectivity index (χ3v) is 5.00. The van der Waals surface area contributed by atoms with E-state index in [-0.39, 0.29) is 35.9 Å². The molecule has 2 saturated heterocycles. The summed E-state index contributed by atoms with van der Waals surface area (Å²) in [7, 11) is 0. The molecule has 2 N–H and O–H groups in total. The van der Waals surface area contributed by atoms with Gasteiger partial charge in [-0.15, -0.1) is 0 Å². The summed E-state index contributed by atoms with van der Waals surface area (Å²) in [5.74, 6) is -2.35. The molecule has 5 nitrogen and oxygen atoms in total. The Labute approximate surface area is 139 Å². The molecule has 0 spiro atoms. The summed E-state index contributed by atoms with van der Waals surface area (Å²) in [5.41, 5.74) is 5.83. The molecular formula is C17H21F2N3O2. The van der Waals surface area contributed by atoms with E-state index < -0.39 is 17.6 Å². The number of carbonyl (C=O) groups is 2. The van der Waals surface area contributed by atoms with Gasteiger partial charge in [-0.05, 0) is 30.5 Å². The normalized spacial score (nSPS) is 27.2. The molecule has 2 aliphatic rings. The fraction of sp³-hybridized carbons (Fsp3) is 0.529. The molecule has 2 fully saturated rings. The van der Waals surface area contributed by atoms with Crippen molar-refractivity contribution < 1.29 is 18.4 Å². The van der Waals surface area contributed by atoms with E-state index in [0.29, 0.717) is 19.6 Å². The average molecular weight is 337 g/mol. The molecule has 2 heterocycles. The molecular weight excluding hydrogens is 316 g/mol. The maximum absolute atomic E-state index is 13.4. The first-order chi connectivity index (χ1) is 11.3. The molecule has 130 valence electrons. The van der Waals surface area contributed by atoms with Crippen LogP contribution in [0.2, 0.25) is 0 Å². The summed E-state index contributed by atoms with van der Waals surface area (Å²) < 4.78 is 26.7. The Balaban J connectivity index is 1.72. The van der Waals surface area contributed by atoms with Crippen LogP contribution in [-0.2, 0) is 9.59 Å². The van der Waals surface area contributed by atoms with Crippen LogP contribution in [0.15, 0.2) is 18.2 Å². The minimum absolute atomic E-state index is 0.0623. The second-order valence-corrected chi connectivity index (χ2v) is 7.06. The fourth-order valence-electron chi connectivity index (χ4n) is 3.45. The van der Waals surface area contributed by atoms with Crippen molar-refractivity contribution in [2.24, 2.45) is 17.1 Å². The zero-order valence-electron chi connectivity index (χ0n) is 13.6. The van der Waals surface area contributed by atoms with Gasteiger partial charge in [0.2, 0.25) is 11.8 Å². The molecule has 3 rings (SSSR count). The number of halogens is 2. The molecule has 2 atom stereocenters. The van der Waals surface area contributed by atoms with Crippen LogP contribution in [0.25, 0.3) is 0 Å². The third-order valence-electron chi connectivity index (χ3n) is 5.00. The van der Waals surface area contributed by atoms with Crippen LogP contribution in [0.1, 0.15) is 19.8 Å². The third kappa shape index (κ3) is 3.13. The Morgan fingerprint density at radius 3 is 2.58 bits per heavy atom. The lowest BCUT2D eigenvalue weighted by atomic mass is 9.90. The number of carbonyl (C=O) groups excluding carboxylic acids is 2. The second kappa shape index (κ2) is 6.12. The van der Waals surface area contributed by atoms with E-state index in [1.54, 1.807) is 4.90 Å². The first-order valence-corrected chi connectivity index (χ1v) is 8.07. The van der Waals surface area contributed by atoms with Crippen LogP contribution >= 0.6 is 0 Å². The maximum Gasteiger partial charge on any atom is 0.228 e. The molecule has 24 heavy (non-hydrogen) atoms. The molecule has 2 aliphatic heterocycles. The molecule has 2 unspecified atom stereocenters. The molecule has 0 bridgehead atoms. The van der Waals surface area contributed by atoms with Crippen LogP contribution in [0.3, 0.4) is 0 Å². The molecule has 0 saturated carbocycles. The number of likely N-dealkylation sites (tertiary alicyclic amines) is 1. The predicted octanol–water partition coefficient (Wildman–Crippen LogP) is 1.52. The van der Waals surface area contributed by atoms with Gasteiger partial charge >= 0.3 is 0 Å². The lowest BCUT2D eigenvalue weighted by molar-refractivity contribution is -0.135. The molecule has 0 aliphatic carbocycles. The summed E-state index contributed by atoms with van der Waals surface area (Å²) in [6, 6.07) is 2.97. The monoisotopic (exact) mass is 337 g/mol. The van der Waals surface area contributed by atoms with Gasteiger partial charge < -0.3 is 15.5 Å². The van der Waals surface area contributed by atoms with Crippen LogP contribution in [0.5, 0.6) is 0 Å². The highest BCUT2D eigenvalue weighted by Gasteiger charge is 2.41. The standard InChI is InChI=1S/C17H21F2N3O2/c1-17(9-20)2-3-21(10-17)16(24)11-4-15(23)22(8-11)14-6-12(18)5-13(19)7-14/h5-7,11H,2-4,8-10,20H2,1H3. The number of hydrogen-bond donors (Lipinski definition) is 1. The Morgan fingerprint density at radius 1 is 1.33 bits per heavy atom. The number of anilines is 1. The van der Waals surface area contributed by atoms with E-state index in [9.17, 15) is 18.4 Å². The topological polar surface area (TPSA) is 66.6 Å². The maximum atomic E-state index is 13.4. The molecule has 7 heteroatoms. The molecule has 1 aromatic carbocycles. The quantitative estimate of drug-likeness (QED) is 0.909. The van der Waals surface area contributed by atoms with Crippen molar-refractivity contribution in [3.8, 4) is 0 Å². The number of hydrogen-bond acceptors (Lipinski definition) is 3. The van der Waals surface area contributed by atoms with Crippen LogP contribution in [0.4, 0.5) is 14.5 Å². The van der Waals surface area contributed by atoms with Crippen molar-refractivity contribution in [3.63, 3.8) is 0 Å². The van der Waals surface area contributed by atoms with Gasteiger partial charge in [-0.1, -0.05) is 6.92 Å². The first kappa shape index (κ1) is 16.8. The van der Waals surface area contributed by atoms with Crippen LogP contribution in [0, 0.1) is 23.0 Å². The molecule has 0 aromatic heterocycles. The predicted molar refractivity (Wildman–Crippen MR) is 85.2 cm³/mol. The zero-order valence-corrected chi connectivity index (χ0v) is 13.6. The minimum atomic E-state index is -0.745. The summed E-state index contributed by atoms with van der Waals surface area (Å²) in [4.78, 5) is 27.9. The lowest BCUT2D eigenvalue weighted by Crippen LogP contribution is -2.38. The Morgan fingerprint density at radius 2 is 2.00 bits per heavy atom. The zero-order chi connectivity index (χ0) is 17.5. The molecule has 1 aromatic rings. The van der Waals surface area contributed by atoms with Crippen LogP contribution < -0.4 is 10.6 Å². The highest BCUT2D eigenvalue weighted by atomic mass is 19.1. The van der Waals surface area contributed by atoms with Crippen molar-refractivity contribution in [2.75, 3.05) is 31.1 Å². The van der Waals surface area contributed by atoms with E-state index in [1.807, 2.05) is 6.92 Å². The number of amides is 2. The number of nitrogens with two attached hydrogens (primary N) is 1. The van der Waals surface area contributed by atoms with Gasteiger partial charge in [0.15, 0.2) is 0 Å². The molecule has 0 radical (unpaired) electrons. The van der Waals surface area contributed by atoms with Gasteiger partial charge in [-0.3, -0.25) is 9.59 Å². The number of rotatable bonds is 3. The van der Waals surface area contributed by atoms with Crippen molar-refractivity contribution in [1.29, 1.82) is 0 Å². The van der Waals surface area contributed by atoms with Crippen LogP contribution in [-0.4, -0.2) is 42.9 Å². The van der Waals surface area contributed by atoms with Gasteiger partial charge in [0, 0.05) is 37.8 Å². The highest BCUT2D eigenvalue weighted by molar-refractivity contribution is 6.00. The van der Waals surface area contributed by atoms with Gasteiger partial charge in [0.25, 0.3) is 0 Å². The van der Waals surface area contributed by atoms with E-state index in [0.717, 1.165) is 24.6 Å².